The van der Waals surface area contributed by atoms with Gasteiger partial charge in [-0.15, -0.1) is 0 Å². The van der Waals surface area contributed by atoms with Crippen molar-refractivity contribution in [3.05, 3.63) is 58.8 Å². The number of carbonyl (C=O) groups excluding carboxylic acids is 2. The van der Waals surface area contributed by atoms with E-state index in [0.717, 1.165) is 5.56 Å². The molecule has 2 aromatic heterocycles. The molecular formula is C22H23Cl2N5O4. The van der Waals surface area contributed by atoms with E-state index in [2.05, 4.69) is 20.7 Å². The smallest absolute Gasteiger partial charge is 0.244 e. The highest BCUT2D eigenvalue weighted by Gasteiger charge is 2.18. The monoisotopic (exact) mass is 491 g/mol. The van der Waals surface area contributed by atoms with Crippen LogP contribution in [0.5, 0.6) is 5.88 Å². The van der Waals surface area contributed by atoms with Crippen LogP contribution in [0.25, 0.3) is 16.9 Å². The largest absolute Gasteiger partial charge is 0.478 e. The molecule has 0 aliphatic heterocycles. The lowest BCUT2D eigenvalue weighted by Gasteiger charge is -2.14. The summed E-state index contributed by atoms with van der Waals surface area (Å²) in [6.45, 7) is -0.265. The normalized spacial score (nSPS) is 11.6. The van der Waals surface area contributed by atoms with E-state index in [1.807, 2.05) is 12.1 Å². The minimum Gasteiger partial charge on any atom is -0.478 e. The maximum Gasteiger partial charge on any atom is 0.244 e. The summed E-state index contributed by atoms with van der Waals surface area (Å²) in [5.41, 5.74) is 2.12. The van der Waals surface area contributed by atoms with Gasteiger partial charge in [-0.1, -0.05) is 23.2 Å². The molecule has 0 saturated heterocycles. The topological polar surface area (TPSA) is 118 Å². The number of aliphatic hydroxyl groups excluding tert-OH is 1. The minimum atomic E-state index is -0.985. The lowest BCUT2D eigenvalue weighted by Crippen LogP contribution is -2.47. The maximum absolute atomic E-state index is 12.1. The number of hydrogen-bond donors (Lipinski definition) is 3. The van der Waals surface area contributed by atoms with Crippen LogP contribution in [-0.4, -0.2) is 58.0 Å². The van der Waals surface area contributed by atoms with Gasteiger partial charge in [0.2, 0.25) is 17.7 Å². The second kappa shape index (κ2) is 11.6. The van der Waals surface area contributed by atoms with Gasteiger partial charge in [0, 0.05) is 37.5 Å². The molecule has 33 heavy (non-hydrogen) atoms. The summed E-state index contributed by atoms with van der Waals surface area (Å²) < 4.78 is 7.50. The number of halogens is 2. The Labute approximate surface area is 200 Å². The summed E-state index contributed by atoms with van der Waals surface area (Å²) in [6, 6.07) is 9.59. The van der Waals surface area contributed by atoms with Crippen LogP contribution in [0.1, 0.15) is 12.8 Å². The first-order valence-electron chi connectivity index (χ1n) is 10.1. The van der Waals surface area contributed by atoms with Crippen molar-refractivity contribution in [2.24, 2.45) is 0 Å². The number of hydrogen-bond acceptors (Lipinski definition) is 6. The van der Waals surface area contributed by atoms with Gasteiger partial charge in [0.15, 0.2) is 0 Å². The van der Waals surface area contributed by atoms with Crippen LogP contribution < -0.4 is 15.4 Å². The first kappa shape index (κ1) is 24.5. The molecule has 0 unspecified atom stereocenters. The van der Waals surface area contributed by atoms with Crippen LogP contribution in [0.3, 0.4) is 0 Å². The number of amides is 2. The number of nitrogens with zero attached hydrogens (tertiary/aromatic N) is 3. The van der Waals surface area contributed by atoms with Crippen molar-refractivity contribution in [3.63, 3.8) is 0 Å². The first-order valence-corrected chi connectivity index (χ1v) is 10.9. The van der Waals surface area contributed by atoms with E-state index in [-0.39, 0.29) is 18.9 Å². The van der Waals surface area contributed by atoms with Gasteiger partial charge in [-0.25, -0.2) is 4.68 Å². The lowest BCUT2D eigenvalue weighted by molar-refractivity contribution is -0.129. The van der Waals surface area contributed by atoms with Gasteiger partial charge in [-0.2, -0.15) is 5.10 Å². The maximum atomic E-state index is 12.1. The Morgan fingerprint density at radius 3 is 2.70 bits per heavy atom. The molecule has 0 radical (unpaired) electrons. The number of nitrogens with one attached hydrogen (secondary N) is 2. The molecule has 3 rings (SSSR count). The van der Waals surface area contributed by atoms with Crippen molar-refractivity contribution in [2.45, 2.75) is 18.9 Å². The molecule has 1 atom stereocenters. The summed E-state index contributed by atoms with van der Waals surface area (Å²) in [4.78, 5) is 27.8. The average Bonchev–Trinajstić information content (AvgIpc) is 3.26. The molecule has 174 valence electrons. The van der Waals surface area contributed by atoms with E-state index in [4.69, 9.17) is 27.9 Å². The Morgan fingerprint density at radius 2 is 2.03 bits per heavy atom. The molecule has 0 bridgehead atoms. The second-order valence-electron chi connectivity index (χ2n) is 6.99. The Kier molecular flexibility index (Phi) is 8.65. The van der Waals surface area contributed by atoms with Crippen LogP contribution in [0.4, 0.5) is 0 Å². The molecule has 9 nitrogen and oxygen atoms in total. The molecule has 2 amide bonds. The molecule has 0 aliphatic carbocycles. The van der Waals surface area contributed by atoms with Crippen LogP contribution >= 0.6 is 23.2 Å². The first-order chi connectivity index (χ1) is 15.9. The molecule has 3 aromatic rings. The van der Waals surface area contributed by atoms with Crippen LogP contribution in [-0.2, 0) is 9.59 Å². The number of aliphatic hydroxyl groups is 1. The van der Waals surface area contributed by atoms with Crippen molar-refractivity contribution in [1.82, 2.24) is 25.4 Å². The van der Waals surface area contributed by atoms with E-state index < -0.39 is 18.6 Å². The third kappa shape index (κ3) is 6.44. The van der Waals surface area contributed by atoms with Crippen molar-refractivity contribution in [1.29, 1.82) is 0 Å². The van der Waals surface area contributed by atoms with Gasteiger partial charge in [-0.05, 0) is 36.8 Å². The summed E-state index contributed by atoms with van der Waals surface area (Å²) in [7, 11) is 1.43. The van der Waals surface area contributed by atoms with E-state index in [1.165, 1.54) is 7.05 Å². The van der Waals surface area contributed by atoms with Gasteiger partial charge in [0.05, 0.1) is 34.6 Å². The van der Waals surface area contributed by atoms with Crippen molar-refractivity contribution >= 4 is 35.0 Å². The van der Waals surface area contributed by atoms with E-state index in [0.29, 0.717) is 33.7 Å². The summed E-state index contributed by atoms with van der Waals surface area (Å²) in [5.74, 6) is -0.378. The molecule has 0 aliphatic rings. The molecular weight excluding hydrogens is 469 g/mol. The molecule has 3 N–H and O–H groups in total. The standard InChI is InChI=1S/C22H23Cl2N5O4/c1-25-22(32)19(13-30)27-20(31)5-3-9-33-21-11-18(14-4-2-8-26-12-14)28-29(21)15-6-7-16(23)17(24)10-15/h2,4,6-8,10-12,19,30H,3,5,9,13H2,1H3,(H,25,32)(H,27,31)/t19-/m0/s1. The number of likely N-dealkylation sites (N-methyl/N-ethyl adjacent to an activating group) is 1. The number of benzene rings is 1. The predicted molar refractivity (Wildman–Crippen MR) is 125 cm³/mol. The Balaban J connectivity index is 1.70. The SMILES string of the molecule is CNC(=O)[C@H](CO)NC(=O)CCCOc1cc(-c2cccnc2)nn1-c1ccc(Cl)c(Cl)c1. The Bertz CT molecular complexity index is 1110. The summed E-state index contributed by atoms with van der Waals surface area (Å²) in [5, 5.41) is 19.5. The third-order valence-corrected chi connectivity index (χ3v) is 5.40. The number of pyridine rings is 1. The van der Waals surface area contributed by atoms with Crippen LogP contribution in [0, 0.1) is 0 Å². The average molecular weight is 492 g/mol. The van der Waals surface area contributed by atoms with Crippen LogP contribution in [0.15, 0.2) is 48.8 Å². The minimum absolute atomic E-state index is 0.115. The molecule has 0 fully saturated rings. The van der Waals surface area contributed by atoms with E-state index in [1.54, 1.807) is 41.3 Å². The molecule has 11 heteroatoms. The zero-order valence-electron chi connectivity index (χ0n) is 17.8. The van der Waals surface area contributed by atoms with Crippen molar-refractivity contribution in [2.75, 3.05) is 20.3 Å². The van der Waals surface area contributed by atoms with Crippen LogP contribution in [0.2, 0.25) is 10.0 Å². The number of rotatable bonds is 10. The fraction of sp³-hybridized carbons (Fsp3) is 0.273. The zero-order valence-corrected chi connectivity index (χ0v) is 19.3. The van der Waals surface area contributed by atoms with Gasteiger partial charge in [0.1, 0.15) is 6.04 Å². The van der Waals surface area contributed by atoms with Gasteiger partial charge >= 0.3 is 0 Å². The van der Waals surface area contributed by atoms with Gasteiger partial charge in [0.25, 0.3) is 0 Å². The highest BCUT2D eigenvalue weighted by molar-refractivity contribution is 6.42. The van der Waals surface area contributed by atoms with Gasteiger partial charge < -0.3 is 20.5 Å². The number of carbonyl (C=O) groups is 2. The van der Waals surface area contributed by atoms with Crippen molar-refractivity contribution < 1.29 is 19.4 Å². The molecule has 0 spiro atoms. The van der Waals surface area contributed by atoms with Crippen molar-refractivity contribution in [3.8, 4) is 22.8 Å². The van der Waals surface area contributed by atoms with Gasteiger partial charge in [-0.3, -0.25) is 14.6 Å². The molecule has 1 aromatic carbocycles. The van der Waals surface area contributed by atoms with E-state index in [9.17, 15) is 14.7 Å². The zero-order chi connectivity index (χ0) is 23.8. The molecule has 0 saturated carbocycles. The highest BCUT2D eigenvalue weighted by Crippen LogP contribution is 2.29. The fourth-order valence-electron chi connectivity index (χ4n) is 2.97. The quantitative estimate of drug-likeness (QED) is 0.375. The Morgan fingerprint density at radius 1 is 1.21 bits per heavy atom. The lowest BCUT2D eigenvalue weighted by atomic mass is 10.2. The van der Waals surface area contributed by atoms with E-state index >= 15 is 0 Å². The highest BCUT2D eigenvalue weighted by atomic mass is 35.5. The number of ether oxygens (including phenoxy) is 1. The molecule has 2 heterocycles. The predicted octanol–water partition coefficient (Wildman–Crippen LogP) is 2.62. The fourth-order valence-corrected chi connectivity index (χ4v) is 3.26. The summed E-state index contributed by atoms with van der Waals surface area (Å²) in [6.07, 6.45) is 3.86. The summed E-state index contributed by atoms with van der Waals surface area (Å²) >= 11 is 12.2. The number of aromatic nitrogens is 3. The Hall–Kier alpha value is -3.14. The second-order valence-corrected chi connectivity index (χ2v) is 7.80. The third-order valence-electron chi connectivity index (χ3n) is 4.66.